The van der Waals surface area contributed by atoms with Crippen LogP contribution in [0, 0.1) is 5.92 Å². The number of ether oxygens (including phenoxy) is 1. The monoisotopic (exact) mass is 297 g/mol. The maximum Gasteiger partial charge on any atom is 0.119 e. The summed E-state index contributed by atoms with van der Waals surface area (Å²) in [6.07, 6.45) is 0.533. The summed E-state index contributed by atoms with van der Waals surface area (Å²) < 4.78 is 17.1. The van der Waals surface area contributed by atoms with Gasteiger partial charge in [0.15, 0.2) is 0 Å². The summed E-state index contributed by atoms with van der Waals surface area (Å²) in [5.74, 6) is 1.81. The number of hydrogen-bond donors (Lipinski definition) is 1. The Hall–Kier alpha value is -0.910. The van der Waals surface area contributed by atoms with Crippen molar-refractivity contribution in [3.8, 4) is 5.75 Å². The molecule has 0 unspecified atom stereocenters. The first-order chi connectivity index (χ1) is 9.45. The summed E-state index contributed by atoms with van der Waals surface area (Å²) in [4.78, 5) is 2.04. The lowest BCUT2D eigenvalue weighted by Gasteiger charge is -2.41. The molecule has 3 atom stereocenters. The summed E-state index contributed by atoms with van der Waals surface area (Å²) in [6.45, 7) is 0.722. The van der Waals surface area contributed by atoms with Gasteiger partial charge in [-0.2, -0.15) is 0 Å². The van der Waals surface area contributed by atoms with E-state index in [4.69, 9.17) is 4.74 Å². The van der Waals surface area contributed by atoms with E-state index in [9.17, 15) is 9.32 Å². The molecule has 1 aromatic carbocycles. The average molecular weight is 297 g/mol. The van der Waals surface area contributed by atoms with Crippen LogP contribution in [-0.2, 0) is 16.4 Å². The van der Waals surface area contributed by atoms with Crippen LogP contribution in [0.5, 0.6) is 5.75 Å². The molecule has 0 spiro atoms. The normalized spacial score (nSPS) is 30.4. The highest BCUT2D eigenvalue weighted by atomic mass is 32.2. The highest BCUT2D eigenvalue weighted by molar-refractivity contribution is 7.85. The van der Waals surface area contributed by atoms with Crippen LogP contribution in [-0.4, -0.2) is 53.5 Å². The molecule has 0 amide bonds. The first-order valence-corrected chi connectivity index (χ1v) is 8.31. The van der Waals surface area contributed by atoms with Crippen molar-refractivity contribution in [2.75, 3.05) is 39.3 Å². The molecule has 1 N–H and O–H groups in total. The van der Waals surface area contributed by atoms with E-state index in [0.717, 1.165) is 17.9 Å². The first kappa shape index (κ1) is 15.5. The van der Waals surface area contributed by atoms with Crippen LogP contribution in [0.15, 0.2) is 24.3 Å². The SMILES string of the molecule is COc1cccc([C@]2(O)CC[S@](=O)C[C@@H]2CN(C)C)c1. The molecule has 1 aromatic rings. The Kier molecular flexibility index (Phi) is 4.83. The smallest absolute Gasteiger partial charge is 0.119 e. The van der Waals surface area contributed by atoms with Gasteiger partial charge in [-0.25, -0.2) is 0 Å². The fourth-order valence-electron chi connectivity index (χ4n) is 2.84. The van der Waals surface area contributed by atoms with Crippen LogP contribution < -0.4 is 4.74 Å². The van der Waals surface area contributed by atoms with Crippen molar-refractivity contribution in [2.45, 2.75) is 12.0 Å². The molecule has 112 valence electrons. The van der Waals surface area contributed by atoms with E-state index < -0.39 is 16.4 Å². The molecule has 1 aliphatic heterocycles. The molecule has 1 fully saturated rings. The Labute approximate surface area is 123 Å². The van der Waals surface area contributed by atoms with Gasteiger partial charge in [-0.3, -0.25) is 4.21 Å². The number of methoxy groups -OCH3 is 1. The molecular weight excluding hydrogens is 274 g/mol. The molecule has 2 rings (SSSR count). The first-order valence-electron chi connectivity index (χ1n) is 6.82. The highest BCUT2D eigenvalue weighted by Crippen LogP contribution is 2.38. The van der Waals surface area contributed by atoms with Crippen LogP contribution in [0.2, 0.25) is 0 Å². The van der Waals surface area contributed by atoms with Crippen LogP contribution in [0.3, 0.4) is 0 Å². The number of rotatable bonds is 4. The minimum atomic E-state index is -0.924. The van der Waals surface area contributed by atoms with E-state index in [1.54, 1.807) is 7.11 Å². The molecule has 0 aromatic heterocycles. The lowest BCUT2D eigenvalue weighted by Crippen LogP contribution is -2.48. The Balaban J connectivity index is 2.34. The maximum atomic E-state index is 11.9. The molecular formula is C15H23NO3S. The van der Waals surface area contributed by atoms with E-state index in [1.807, 2.05) is 43.3 Å². The lowest BCUT2D eigenvalue weighted by atomic mass is 9.79. The third-order valence-electron chi connectivity index (χ3n) is 3.93. The quantitative estimate of drug-likeness (QED) is 0.908. The molecule has 1 heterocycles. The zero-order chi connectivity index (χ0) is 14.8. The number of hydrogen-bond acceptors (Lipinski definition) is 4. The summed E-state index contributed by atoms with van der Waals surface area (Å²) >= 11 is 0. The van der Waals surface area contributed by atoms with Crippen molar-refractivity contribution in [1.29, 1.82) is 0 Å². The van der Waals surface area contributed by atoms with Crippen LogP contribution in [0.1, 0.15) is 12.0 Å². The summed E-state index contributed by atoms with van der Waals surface area (Å²) in [5.41, 5.74) is -0.0624. The van der Waals surface area contributed by atoms with E-state index >= 15 is 0 Å². The van der Waals surface area contributed by atoms with Crippen molar-refractivity contribution >= 4 is 10.8 Å². The third kappa shape index (κ3) is 3.22. The average Bonchev–Trinajstić information content (AvgIpc) is 2.42. The van der Waals surface area contributed by atoms with Gasteiger partial charge in [0.05, 0.1) is 12.7 Å². The van der Waals surface area contributed by atoms with Gasteiger partial charge in [0, 0.05) is 34.8 Å². The summed E-state index contributed by atoms with van der Waals surface area (Å²) in [5, 5.41) is 11.2. The van der Waals surface area contributed by atoms with Crippen molar-refractivity contribution in [3.63, 3.8) is 0 Å². The molecule has 0 radical (unpaired) electrons. The zero-order valence-electron chi connectivity index (χ0n) is 12.3. The van der Waals surface area contributed by atoms with Crippen molar-refractivity contribution in [1.82, 2.24) is 4.90 Å². The molecule has 4 nitrogen and oxygen atoms in total. The van der Waals surface area contributed by atoms with Crippen molar-refractivity contribution in [3.05, 3.63) is 29.8 Å². The predicted molar refractivity (Wildman–Crippen MR) is 81.4 cm³/mol. The Morgan fingerprint density at radius 2 is 2.25 bits per heavy atom. The van der Waals surface area contributed by atoms with Gasteiger partial charge in [-0.1, -0.05) is 12.1 Å². The third-order valence-corrected chi connectivity index (χ3v) is 5.36. The second-order valence-electron chi connectivity index (χ2n) is 5.68. The fraction of sp³-hybridized carbons (Fsp3) is 0.600. The fourth-order valence-corrected chi connectivity index (χ4v) is 4.37. The number of benzene rings is 1. The van der Waals surface area contributed by atoms with E-state index in [-0.39, 0.29) is 5.92 Å². The minimum absolute atomic E-state index is 0.0285. The standard InChI is InChI=1S/C15H23NO3S/c1-16(2)10-13-11-20(18)8-7-15(13,17)12-5-4-6-14(9-12)19-3/h4-6,9,13,17H,7-8,10-11H2,1-3H3/t13-,15+,20-/m0/s1. The summed E-state index contributed by atoms with van der Waals surface area (Å²) in [6, 6.07) is 7.58. The Morgan fingerprint density at radius 1 is 1.50 bits per heavy atom. The second kappa shape index (κ2) is 6.24. The van der Waals surface area contributed by atoms with Gasteiger partial charge in [0.25, 0.3) is 0 Å². The van der Waals surface area contributed by atoms with Crippen LogP contribution in [0.25, 0.3) is 0 Å². The van der Waals surface area contributed by atoms with Crippen LogP contribution >= 0.6 is 0 Å². The summed E-state index contributed by atoms with van der Waals surface area (Å²) in [7, 11) is 4.74. The van der Waals surface area contributed by atoms with Gasteiger partial charge in [0.1, 0.15) is 5.75 Å². The highest BCUT2D eigenvalue weighted by Gasteiger charge is 2.43. The predicted octanol–water partition coefficient (Wildman–Crippen LogP) is 1.21. The Bertz CT molecular complexity index is 492. The van der Waals surface area contributed by atoms with E-state index in [1.165, 1.54) is 0 Å². The van der Waals surface area contributed by atoms with E-state index in [0.29, 0.717) is 17.9 Å². The van der Waals surface area contributed by atoms with Gasteiger partial charge in [-0.05, 0) is 38.2 Å². The lowest BCUT2D eigenvalue weighted by molar-refractivity contribution is -0.0304. The molecule has 1 saturated heterocycles. The number of aliphatic hydroxyl groups is 1. The molecule has 0 saturated carbocycles. The largest absolute Gasteiger partial charge is 0.497 e. The van der Waals surface area contributed by atoms with Crippen molar-refractivity contribution < 1.29 is 14.1 Å². The maximum absolute atomic E-state index is 11.9. The van der Waals surface area contributed by atoms with Crippen LogP contribution in [0.4, 0.5) is 0 Å². The van der Waals surface area contributed by atoms with Gasteiger partial charge >= 0.3 is 0 Å². The van der Waals surface area contributed by atoms with Gasteiger partial charge in [-0.15, -0.1) is 0 Å². The molecule has 5 heteroatoms. The zero-order valence-corrected chi connectivity index (χ0v) is 13.2. The molecule has 20 heavy (non-hydrogen) atoms. The Morgan fingerprint density at radius 3 is 2.90 bits per heavy atom. The van der Waals surface area contributed by atoms with Gasteiger partial charge in [0.2, 0.25) is 0 Å². The number of nitrogens with zero attached hydrogens (tertiary/aromatic N) is 1. The molecule has 0 aliphatic carbocycles. The van der Waals surface area contributed by atoms with E-state index in [2.05, 4.69) is 0 Å². The molecule has 1 aliphatic rings. The van der Waals surface area contributed by atoms with Gasteiger partial charge < -0.3 is 14.7 Å². The minimum Gasteiger partial charge on any atom is -0.497 e. The molecule has 0 bridgehead atoms. The second-order valence-corrected chi connectivity index (χ2v) is 7.30. The van der Waals surface area contributed by atoms with Crippen molar-refractivity contribution in [2.24, 2.45) is 5.92 Å². The topological polar surface area (TPSA) is 49.8 Å².